The van der Waals surface area contributed by atoms with Gasteiger partial charge >= 0.3 is 5.97 Å². The molecule has 1 heterocycles. The minimum atomic E-state index is -1.34. The number of aryl methyl sites for hydroxylation is 1. The molecular formula is C7H7ClFNO2. The summed E-state index contributed by atoms with van der Waals surface area (Å²) in [6.45, 7) is 1.60. The molecule has 0 aromatic carbocycles. The number of aromatic carboxylic acids is 1. The summed E-state index contributed by atoms with van der Waals surface area (Å²) in [5.74, 6) is -2.14. The van der Waals surface area contributed by atoms with Crippen molar-refractivity contribution in [3.8, 4) is 0 Å². The van der Waals surface area contributed by atoms with Gasteiger partial charge in [-0.25, -0.2) is 14.2 Å². The van der Waals surface area contributed by atoms with Crippen LogP contribution in [0.3, 0.4) is 0 Å². The van der Waals surface area contributed by atoms with Gasteiger partial charge in [-0.15, -0.1) is 12.4 Å². The van der Waals surface area contributed by atoms with Crippen LogP contribution in [-0.2, 0) is 0 Å². The maximum absolute atomic E-state index is 12.6. The minimum absolute atomic E-state index is 0. The van der Waals surface area contributed by atoms with Crippen molar-refractivity contribution in [3.05, 3.63) is 29.3 Å². The summed E-state index contributed by atoms with van der Waals surface area (Å²) in [5, 5.41) is 8.39. The molecule has 12 heavy (non-hydrogen) atoms. The molecule has 66 valence electrons. The van der Waals surface area contributed by atoms with E-state index in [2.05, 4.69) is 4.98 Å². The first-order valence-corrected chi connectivity index (χ1v) is 2.97. The van der Waals surface area contributed by atoms with Gasteiger partial charge in [0.25, 0.3) is 0 Å². The third-order valence-electron chi connectivity index (χ3n) is 1.19. The predicted octanol–water partition coefficient (Wildman–Crippen LogP) is 1.65. The van der Waals surface area contributed by atoms with Crippen LogP contribution in [0.5, 0.6) is 0 Å². The molecule has 1 N–H and O–H groups in total. The molecule has 0 spiro atoms. The molecule has 3 nitrogen and oxygen atoms in total. The molecule has 0 aliphatic heterocycles. The van der Waals surface area contributed by atoms with Crippen LogP contribution in [0.2, 0.25) is 0 Å². The topological polar surface area (TPSA) is 50.2 Å². The number of halogens is 2. The lowest BCUT2D eigenvalue weighted by Crippen LogP contribution is -2.04. The van der Waals surface area contributed by atoms with Crippen molar-refractivity contribution in [1.29, 1.82) is 0 Å². The van der Waals surface area contributed by atoms with E-state index in [9.17, 15) is 9.18 Å². The van der Waals surface area contributed by atoms with Gasteiger partial charge in [0.2, 0.25) is 0 Å². The number of aromatic nitrogens is 1. The van der Waals surface area contributed by atoms with Gasteiger partial charge in [0.05, 0.1) is 0 Å². The number of pyridine rings is 1. The van der Waals surface area contributed by atoms with E-state index in [1.165, 1.54) is 6.07 Å². The van der Waals surface area contributed by atoms with E-state index in [1.807, 2.05) is 0 Å². The molecule has 0 saturated carbocycles. The molecule has 5 heteroatoms. The lowest BCUT2D eigenvalue weighted by molar-refractivity contribution is 0.0684. The second-order valence-corrected chi connectivity index (χ2v) is 2.09. The van der Waals surface area contributed by atoms with Gasteiger partial charge in [0.15, 0.2) is 11.5 Å². The fraction of sp³-hybridized carbons (Fsp3) is 0.143. The molecular weight excluding hydrogens is 185 g/mol. The molecule has 0 radical (unpaired) electrons. The largest absolute Gasteiger partial charge is 0.476 e. The number of carbonyl (C=O) groups is 1. The highest BCUT2D eigenvalue weighted by molar-refractivity contribution is 5.85. The fourth-order valence-corrected chi connectivity index (χ4v) is 0.690. The van der Waals surface area contributed by atoms with Crippen molar-refractivity contribution in [3.63, 3.8) is 0 Å². The Morgan fingerprint density at radius 3 is 2.58 bits per heavy atom. The average Bonchev–Trinajstić information content (AvgIpc) is 1.94. The Hall–Kier alpha value is -1.16. The summed E-state index contributed by atoms with van der Waals surface area (Å²) < 4.78 is 12.6. The molecule has 0 aliphatic carbocycles. The second-order valence-electron chi connectivity index (χ2n) is 2.09. The summed E-state index contributed by atoms with van der Waals surface area (Å²) in [6.07, 6.45) is 0. The highest BCUT2D eigenvalue weighted by atomic mass is 35.5. The third kappa shape index (κ3) is 2.17. The number of hydrogen-bond donors (Lipinski definition) is 1. The zero-order valence-corrected chi connectivity index (χ0v) is 7.06. The zero-order chi connectivity index (χ0) is 8.43. The molecule has 1 rings (SSSR count). The SMILES string of the molecule is Cc1ccc(F)c(C(=O)O)n1.Cl. The van der Waals surface area contributed by atoms with Gasteiger partial charge in [-0.05, 0) is 19.1 Å². The molecule has 0 saturated heterocycles. The van der Waals surface area contributed by atoms with Gasteiger partial charge in [-0.1, -0.05) is 0 Å². The summed E-state index contributed by atoms with van der Waals surface area (Å²) in [6, 6.07) is 2.51. The fourth-order valence-electron chi connectivity index (χ4n) is 0.690. The van der Waals surface area contributed by atoms with Gasteiger partial charge in [-0.3, -0.25) is 0 Å². The first-order chi connectivity index (χ1) is 5.11. The average molecular weight is 192 g/mol. The van der Waals surface area contributed by atoms with Crippen molar-refractivity contribution in [2.45, 2.75) is 6.92 Å². The van der Waals surface area contributed by atoms with Crippen molar-refractivity contribution >= 4 is 18.4 Å². The monoisotopic (exact) mass is 191 g/mol. The maximum atomic E-state index is 12.6. The summed E-state index contributed by atoms with van der Waals surface area (Å²) in [5.41, 5.74) is -0.0335. The number of rotatable bonds is 1. The van der Waals surface area contributed by atoms with E-state index >= 15 is 0 Å². The van der Waals surface area contributed by atoms with Gasteiger partial charge in [-0.2, -0.15) is 0 Å². The first kappa shape index (κ1) is 10.8. The van der Waals surface area contributed by atoms with E-state index in [4.69, 9.17) is 5.11 Å². The quantitative estimate of drug-likeness (QED) is 0.734. The molecule has 0 unspecified atom stereocenters. The Labute approximate surface area is 74.7 Å². The van der Waals surface area contributed by atoms with E-state index < -0.39 is 17.5 Å². The number of hydrogen-bond acceptors (Lipinski definition) is 2. The number of nitrogens with zero attached hydrogens (tertiary/aromatic N) is 1. The summed E-state index contributed by atoms with van der Waals surface area (Å²) in [4.78, 5) is 13.8. The third-order valence-corrected chi connectivity index (χ3v) is 1.19. The molecule has 0 aliphatic rings. The normalized spacial score (nSPS) is 8.83. The van der Waals surface area contributed by atoms with Gasteiger partial charge < -0.3 is 5.11 Å². The van der Waals surface area contributed by atoms with Crippen LogP contribution in [0.15, 0.2) is 12.1 Å². The zero-order valence-electron chi connectivity index (χ0n) is 6.24. The lowest BCUT2D eigenvalue weighted by atomic mass is 10.3. The highest BCUT2D eigenvalue weighted by Crippen LogP contribution is 2.04. The van der Waals surface area contributed by atoms with E-state index in [-0.39, 0.29) is 12.4 Å². The molecule has 1 aromatic rings. The van der Waals surface area contributed by atoms with Crippen LogP contribution >= 0.6 is 12.4 Å². The van der Waals surface area contributed by atoms with Crippen LogP contribution in [0.4, 0.5) is 4.39 Å². The number of carboxylic acid groups (broad SMARTS) is 1. The predicted molar refractivity (Wildman–Crippen MR) is 43.1 cm³/mol. The summed E-state index contributed by atoms with van der Waals surface area (Å²) >= 11 is 0. The van der Waals surface area contributed by atoms with Crippen molar-refractivity contribution in [2.75, 3.05) is 0 Å². The van der Waals surface area contributed by atoms with Gasteiger partial charge in [0, 0.05) is 5.69 Å². The van der Waals surface area contributed by atoms with Crippen LogP contribution in [0.25, 0.3) is 0 Å². The van der Waals surface area contributed by atoms with Crippen molar-refractivity contribution in [2.24, 2.45) is 0 Å². The highest BCUT2D eigenvalue weighted by Gasteiger charge is 2.10. The number of carboxylic acids is 1. The minimum Gasteiger partial charge on any atom is -0.476 e. The smallest absolute Gasteiger partial charge is 0.357 e. The molecule has 0 amide bonds. The molecule has 0 bridgehead atoms. The van der Waals surface area contributed by atoms with Gasteiger partial charge in [0.1, 0.15) is 0 Å². The molecule has 0 fully saturated rings. The van der Waals surface area contributed by atoms with Crippen molar-refractivity contribution < 1.29 is 14.3 Å². The van der Waals surface area contributed by atoms with E-state index in [0.29, 0.717) is 5.69 Å². The van der Waals surface area contributed by atoms with Crippen molar-refractivity contribution in [1.82, 2.24) is 4.98 Å². The Kier molecular flexibility index (Phi) is 3.63. The summed E-state index contributed by atoms with van der Waals surface area (Å²) in [7, 11) is 0. The van der Waals surface area contributed by atoms with E-state index in [1.54, 1.807) is 6.92 Å². The Morgan fingerprint density at radius 1 is 1.58 bits per heavy atom. The van der Waals surface area contributed by atoms with E-state index in [0.717, 1.165) is 6.07 Å². The Morgan fingerprint density at radius 2 is 2.17 bits per heavy atom. The Bertz CT molecular complexity index is 303. The van der Waals surface area contributed by atoms with Crippen LogP contribution in [0.1, 0.15) is 16.2 Å². The molecule has 1 aromatic heterocycles. The second kappa shape index (κ2) is 4.01. The lowest BCUT2D eigenvalue weighted by Gasteiger charge is -1.96. The first-order valence-electron chi connectivity index (χ1n) is 2.97. The standard InChI is InChI=1S/C7H6FNO2.ClH/c1-4-2-3-5(8)6(9-4)7(10)11;/h2-3H,1H3,(H,10,11);1H. The Balaban J connectivity index is 0.00000121. The van der Waals surface area contributed by atoms with Crippen LogP contribution in [-0.4, -0.2) is 16.1 Å². The molecule has 0 atom stereocenters. The van der Waals surface area contributed by atoms with Crippen LogP contribution < -0.4 is 0 Å². The van der Waals surface area contributed by atoms with Crippen LogP contribution in [0, 0.1) is 12.7 Å². The maximum Gasteiger partial charge on any atom is 0.357 e.